The molecule has 0 radical (unpaired) electrons. The molecule has 2 aromatic carbocycles. The average Bonchev–Trinajstić information content (AvgIpc) is 2.49. The van der Waals surface area contributed by atoms with Crippen LogP contribution in [0.3, 0.4) is 0 Å². The molecule has 2 aromatic rings. The number of aryl methyl sites for hydroxylation is 1. The maximum Gasteiger partial charge on any atom is 0.161 e. The van der Waals surface area contributed by atoms with Gasteiger partial charge in [0, 0.05) is 5.56 Å². The van der Waals surface area contributed by atoms with Crippen LogP contribution in [0.1, 0.15) is 5.56 Å². The van der Waals surface area contributed by atoms with Crippen molar-refractivity contribution >= 4 is 15.9 Å². The van der Waals surface area contributed by atoms with Crippen LogP contribution in [0.15, 0.2) is 28.7 Å². The van der Waals surface area contributed by atoms with Gasteiger partial charge >= 0.3 is 0 Å². The Balaban J connectivity index is 2.69. The lowest BCUT2D eigenvalue weighted by molar-refractivity contribution is 0.355. The third-order valence-corrected chi connectivity index (χ3v) is 3.90. The van der Waals surface area contributed by atoms with Gasteiger partial charge in [-0.2, -0.15) is 0 Å². The Labute approximate surface area is 132 Å². The van der Waals surface area contributed by atoms with Gasteiger partial charge in [-0.05, 0) is 58.2 Å². The minimum atomic E-state index is 0.158. The van der Waals surface area contributed by atoms with Gasteiger partial charge < -0.3 is 19.3 Å². The Morgan fingerprint density at radius 1 is 0.857 bits per heavy atom. The van der Waals surface area contributed by atoms with Gasteiger partial charge in [0.1, 0.15) is 11.5 Å². The Kier molecular flexibility index (Phi) is 4.63. The standard InChI is InChI=1S/C16H17BrO4/c1-9-5-14(20-3)15(21-4)8-11(9)12-6-10(19-2)7-13(17)16(12)18/h5-8,18H,1-4H3. The highest BCUT2D eigenvalue weighted by Crippen LogP contribution is 2.43. The fourth-order valence-electron chi connectivity index (χ4n) is 2.17. The molecule has 0 aliphatic rings. The van der Waals surface area contributed by atoms with Crippen LogP contribution in [0.5, 0.6) is 23.0 Å². The lowest BCUT2D eigenvalue weighted by Crippen LogP contribution is -1.94. The fraction of sp³-hybridized carbons (Fsp3) is 0.250. The molecule has 0 atom stereocenters. The maximum atomic E-state index is 10.3. The molecule has 0 heterocycles. The van der Waals surface area contributed by atoms with E-state index in [2.05, 4.69) is 15.9 Å². The molecule has 0 aromatic heterocycles. The number of rotatable bonds is 4. The highest BCUT2D eigenvalue weighted by atomic mass is 79.9. The lowest BCUT2D eigenvalue weighted by Gasteiger charge is -2.15. The number of hydrogen-bond acceptors (Lipinski definition) is 4. The summed E-state index contributed by atoms with van der Waals surface area (Å²) >= 11 is 3.34. The molecular weight excluding hydrogens is 336 g/mol. The number of phenolic OH excluding ortho intramolecular Hbond substituents is 1. The number of methoxy groups -OCH3 is 3. The Morgan fingerprint density at radius 2 is 1.48 bits per heavy atom. The van der Waals surface area contributed by atoms with Crippen molar-refractivity contribution in [2.24, 2.45) is 0 Å². The molecule has 2 rings (SSSR count). The first kappa shape index (κ1) is 15.5. The zero-order valence-corrected chi connectivity index (χ0v) is 13.9. The monoisotopic (exact) mass is 352 g/mol. The SMILES string of the molecule is COc1cc(Br)c(O)c(-c2cc(OC)c(OC)cc2C)c1. The second-order valence-electron chi connectivity index (χ2n) is 4.53. The number of aromatic hydroxyl groups is 1. The first-order chi connectivity index (χ1) is 10.0. The summed E-state index contributed by atoms with van der Waals surface area (Å²) in [4.78, 5) is 0. The highest BCUT2D eigenvalue weighted by molar-refractivity contribution is 9.10. The van der Waals surface area contributed by atoms with Gasteiger partial charge in [0.2, 0.25) is 0 Å². The molecule has 1 N–H and O–H groups in total. The minimum absolute atomic E-state index is 0.158. The second kappa shape index (κ2) is 6.26. The summed E-state index contributed by atoms with van der Waals surface area (Å²) in [5.74, 6) is 2.08. The number of halogens is 1. The number of hydrogen-bond donors (Lipinski definition) is 1. The second-order valence-corrected chi connectivity index (χ2v) is 5.38. The first-order valence-electron chi connectivity index (χ1n) is 6.31. The normalized spacial score (nSPS) is 10.3. The van der Waals surface area contributed by atoms with E-state index in [1.54, 1.807) is 33.5 Å². The van der Waals surface area contributed by atoms with Gasteiger partial charge in [0.15, 0.2) is 11.5 Å². The van der Waals surface area contributed by atoms with E-state index in [1.807, 2.05) is 19.1 Å². The third-order valence-electron chi connectivity index (χ3n) is 3.29. The van der Waals surface area contributed by atoms with Crippen LogP contribution >= 0.6 is 15.9 Å². The van der Waals surface area contributed by atoms with E-state index in [0.29, 0.717) is 27.3 Å². The molecule has 0 saturated carbocycles. The van der Waals surface area contributed by atoms with Crippen molar-refractivity contribution in [3.63, 3.8) is 0 Å². The highest BCUT2D eigenvalue weighted by Gasteiger charge is 2.16. The van der Waals surface area contributed by atoms with Crippen molar-refractivity contribution in [2.75, 3.05) is 21.3 Å². The van der Waals surface area contributed by atoms with Crippen molar-refractivity contribution in [2.45, 2.75) is 6.92 Å². The smallest absolute Gasteiger partial charge is 0.161 e. The average molecular weight is 353 g/mol. The number of phenols is 1. The summed E-state index contributed by atoms with van der Waals surface area (Å²) in [5, 5.41) is 10.3. The summed E-state index contributed by atoms with van der Waals surface area (Å²) in [5.41, 5.74) is 2.48. The van der Waals surface area contributed by atoms with Gasteiger partial charge in [-0.25, -0.2) is 0 Å². The minimum Gasteiger partial charge on any atom is -0.506 e. The number of benzene rings is 2. The maximum absolute atomic E-state index is 10.3. The summed E-state index contributed by atoms with van der Waals surface area (Å²) in [7, 11) is 4.76. The molecule has 0 unspecified atom stereocenters. The molecule has 21 heavy (non-hydrogen) atoms. The zero-order chi connectivity index (χ0) is 15.6. The molecule has 5 heteroatoms. The molecule has 0 saturated heterocycles. The Morgan fingerprint density at radius 3 is 2.05 bits per heavy atom. The molecule has 112 valence electrons. The van der Waals surface area contributed by atoms with Crippen LogP contribution in [-0.4, -0.2) is 26.4 Å². The molecule has 0 spiro atoms. The van der Waals surface area contributed by atoms with Crippen LogP contribution in [0.25, 0.3) is 11.1 Å². The molecular formula is C16H17BrO4. The van der Waals surface area contributed by atoms with Crippen molar-refractivity contribution in [1.29, 1.82) is 0 Å². The number of ether oxygens (including phenoxy) is 3. The van der Waals surface area contributed by atoms with Gasteiger partial charge in [-0.15, -0.1) is 0 Å². The van der Waals surface area contributed by atoms with E-state index >= 15 is 0 Å². The van der Waals surface area contributed by atoms with Crippen molar-refractivity contribution < 1.29 is 19.3 Å². The van der Waals surface area contributed by atoms with Crippen LogP contribution in [0.2, 0.25) is 0 Å². The summed E-state index contributed by atoms with van der Waals surface area (Å²) in [6, 6.07) is 7.22. The van der Waals surface area contributed by atoms with Gasteiger partial charge in [0.25, 0.3) is 0 Å². The molecule has 0 amide bonds. The van der Waals surface area contributed by atoms with Crippen LogP contribution < -0.4 is 14.2 Å². The Hall–Kier alpha value is -1.88. The van der Waals surface area contributed by atoms with E-state index in [0.717, 1.165) is 11.1 Å². The van der Waals surface area contributed by atoms with E-state index < -0.39 is 0 Å². The zero-order valence-electron chi connectivity index (χ0n) is 12.4. The molecule has 0 fully saturated rings. The van der Waals surface area contributed by atoms with E-state index in [4.69, 9.17) is 14.2 Å². The summed E-state index contributed by atoms with van der Waals surface area (Å²) in [6.07, 6.45) is 0. The topological polar surface area (TPSA) is 47.9 Å². The van der Waals surface area contributed by atoms with Crippen LogP contribution in [0, 0.1) is 6.92 Å². The van der Waals surface area contributed by atoms with E-state index in [1.165, 1.54) is 0 Å². The third kappa shape index (κ3) is 2.93. The molecule has 0 bridgehead atoms. The predicted octanol–water partition coefficient (Wildman–Crippen LogP) is 4.16. The lowest BCUT2D eigenvalue weighted by atomic mass is 9.98. The van der Waals surface area contributed by atoms with Crippen LogP contribution in [0.4, 0.5) is 0 Å². The van der Waals surface area contributed by atoms with Crippen molar-refractivity contribution in [3.05, 3.63) is 34.3 Å². The summed E-state index contributed by atoms with van der Waals surface area (Å²) in [6.45, 7) is 1.95. The van der Waals surface area contributed by atoms with Crippen LogP contribution in [-0.2, 0) is 0 Å². The van der Waals surface area contributed by atoms with E-state index in [-0.39, 0.29) is 5.75 Å². The first-order valence-corrected chi connectivity index (χ1v) is 7.10. The quantitative estimate of drug-likeness (QED) is 0.897. The largest absolute Gasteiger partial charge is 0.506 e. The predicted molar refractivity (Wildman–Crippen MR) is 85.6 cm³/mol. The van der Waals surface area contributed by atoms with Gasteiger partial charge in [0.05, 0.1) is 25.8 Å². The van der Waals surface area contributed by atoms with Gasteiger partial charge in [-0.3, -0.25) is 0 Å². The van der Waals surface area contributed by atoms with E-state index in [9.17, 15) is 5.11 Å². The Bertz CT molecular complexity index is 668. The fourth-order valence-corrected chi connectivity index (χ4v) is 2.61. The molecule has 0 aliphatic carbocycles. The van der Waals surface area contributed by atoms with Crippen molar-refractivity contribution in [1.82, 2.24) is 0 Å². The molecule has 0 aliphatic heterocycles. The van der Waals surface area contributed by atoms with Crippen molar-refractivity contribution in [3.8, 4) is 34.1 Å². The van der Waals surface area contributed by atoms with Gasteiger partial charge in [-0.1, -0.05) is 0 Å². The summed E-state index contributed by atoms with van der Waals surface area (Å²) < 4.78 is 16.4. The molecule has 4 nitrogen and oxygen atoms in total.